The van der Waals surface area contributed by atoms with E-state index < -0.39 is 11.9 Å². The molecule has 5 atom stereocenters. The molecule has 5 unspecified atom stereocenters. The van der Waals surface area contributed by atoms with Crippen LogP contribution in [-0.2, 0) is 19.0 Å². The molecule has 0 saturated carbocycles. The van der Waals surface area contributed by atoms with Crippen LogP contribution in [0.15, 0.2) is 72.8 Å². The van der Waals surface area contributed by atoms with E-state index in [1.807, 2.05) is 20.8 Å². The standard InChI is InChI=1S/C37H47O10P/c1-24(21-42-25(2)22-44-36(40)33(48)20-37(4,5)6)43-23-26(3)45-30-14-10-28(11-15-30)35(39)47-32-18-16-31(17-19-32)46-34(38)27-8-12-29(41-7)13-9-27/h8-19,24-26,33H,20-23,48H2,1-7H3. The molecule has 0 aliphatic heterocycles. The molecule has 3 aromatic carbocycles. The number of carbonyl (C=O) groups is 3. The molecule has 0 spiro atoms. The van der Waals surface area contributed by atoms with E-state index in [0.29, 0.717) is 47.3 Å². The zero-order valence-corrected chi connectivity index (χ0v) is 29.9. The molecular weight excluding hydrogens is 635 g/mol. The van der Waals surface area contributed by atoms with Crippen molar-refractivity contribution in [3.63, 3.8) is 0 Å². The summed E-state index contributed by atoms with van der Waals surface area (Å²) in [4.78, 5) is 37.3. The van der Waals surface area contributed by atoms with Crippen LogP contribution < -0.4 is 18.9 Å². The van der Waals surface area contributed by atoms with Gasteiger partial charge >= 0.3 is 17.9 Å². The molecule has 3 rings (SSSR count). The molecule has 0 bridgehead atoms. The minimum absolute atomic E-state index is 0.0374. The molecule has 48 heavy (non-hydrogen) atoms. The van der Waals surface area contributed by atoms with Gasteiger partial charge in [0.2, 0.25) is 0 Å². The lowest BCUT2D eigenvalue weighted by Crippen LogP contribution is -2.29. The first-order valence-electron chi connectivity index (χ1n) is 15.8. The molecule has 260 valence electrons. The van der Waals surface area contributed by atoms with Crippen molar-refractivity contribution in [3.8, 4) is 23.0 Å². The molecule has 0 radical (unpaired) electrons. The van der Waals surface area contributed by atoms with Gasteiger partial charge in [0.1, 0.15) is 35.7 Å². The van der Waals surface area contributed by atoms with Gasteiger partial charge in [0.05, 0.1) is 49.3 Å². The summed E-state index contributed by atoms with van der Waals surface area (Å²) in [5.74, 6) is 0.511. The van der Waals surface area contributed by atoms with Crippen molar-refractivity contribution in [2.75, 3.05) is 26.9 Å². The summed E-state index contributed by atoms with van der Waals surface area (Å²) in [5, 5.41) is 0. The van der Waals surface area contributed by atoms with Gasteiger partial charge < -0.3 is 33.2 Å². The van der Waals surface area contributed by atoms with E-state index in [2.05, 4.69) is 30.0 Å². The van der Waals surface area contributed by atoms with Crippen molar-refractivity contribution in [2.45, 2.75) is 71.9 Å². The number of carbonyl (C=O) groups excluding carboxylic acids is 3. The molecule has 0 aliphatic rings. The third-order valence-corrected chi connectivity index (χ3v) is 7.33. The molecular formula is C37H47O10P. The maximum atomic E-state index is 12.7. The third-order valence-electron chi connectivity index (χ3n) is 6.82. The Kier molecular flexibility index (Phi) is 14.9. The van der Waals surface area contributed by atoms with Crippen LogP contribution in [0.25, 0.3) is 0 Å². The number of ether oxygens (including phenoxy) is 7. The van der Waals surface area contributed by atoms with Gasteiger partial charge in [-0.05, 0) is 105 Å². The summed E-state index contributed by atoms with van der Waals surface area (Å²) >= 11 is 0. The highest BCUT2D eigenvalue weighted by molar-refractivity contribution is 7.19. The predicted octanol–water partition coefficient (Wildman–Crippen LogP) is 6.93. The Hall–Kier alpha value is -3.98. The smallest absolute Gasteiger partial charge is 0.343 e. The molecule has 0 amide bonds. The van der Waals surface area contributed by atoms with Gasteiger partial charge in [0, 0.05) is 0 Å². The fraction of sp³-hybridized carbons (Fsp3) is 0.432. The second kappa shape index (κ2) is 18.5. The Morgan fingerprint density at radius 2 is 1.04 bits per heavy atom. The first-order valence-corrected chi connectivity index (χ1v) is 16.5. The molecule has 0 aromatic heterocycles. The Balaban J connectivity index is 1.35. The van der Waals surface area contributed by atoms with E-state index in [0.717, 1.165) is 6.42 Å². The van der Waals surface area contributed by atoms with Crippen molar-refractivity contribution >= 4 is 27.1 Å². The maximum Gasteiger partial charge on any atom is 0.343 e. The van der Waals surface area contributed by atoms with Crippen LogP contribution in [0.3, 0.4) is 0 Å². The summed E-state index contributed by atoms with van der Waals surface area (Å²) in [5.41, 5.74) is 0.510. The van der Waals surface area contributed by atoms with E-state index in [1.165, 1.54) is 0 Å². The zero-order valence-electron chi connectivity index (χ0n) is 28.7. The molecule has 0 fully saturated rings. The lowest BCUT2D eigenvalue weighted by atomic mass is 9.90. The van der Waals surface area contributed by atoms with Crippen LogP contribution in [0.4, 0.5) is 0 Å². The normalized spacial score (nSPS) is 13.8. The monoisotopic (exact) mass is 682 g/mol. The van der Waals surface area contributed by atoms with Crippen LogP contribution in [0.1, 0.15) is 68.7 Å². The lowest BCUT2D eigenvalue weighted by Gasteiger charge is -2.23. The number of rotatable bonds is 17. The predicted molar refractivity (Wildman–Crippen MR) is 185 cm³/mol. The molecule has 10 nitrogen and oxygen atoms in total. The van der Waals surface area contributed by atoms with Crippen LogP contribution in [0.2, 0.25) is 0 Å². The first-order chi connectivity index (χ1) is 22.7. The van der Waals surface area contributed by atoms with E-state index in [4.69, 9.17) is 33.2 Å². The molecule has 0 saturated heterocycles. The average Bonchev–Trinajstić information content (AvgIpc) is 3.05. The fourth-order valence-electron chi connectivity index (χ4n) is 4.32. The largest absolute Gasteiger partial charge is 0.497 e. The van der Waals surface area contributed by atoms with Crippen LogP contribution in [-0.4, -0.2) is 68.8 Å². The third kappa shape index (κ3) is 13.6. The van der Waals surface area contributed by atoms with Gasteiger partial charge in [0.25, 0.3) is 0 Å². The van der Waals surface area contributed by atoms with E-state index in [-0.39, 0.29) is 42.0 Å². The second-order valence-electron chi connectivity index (χ2n) is 12.7. The van der Waals surface area contributed by atoms with Crippen molar-refractivity contribution in [2.24, 2.45) is 5.41 Å². The van der Waals surface area contributed by atoms with Gasteiger partial charge in [0.15, 0.2) is 0 Å². The van der Waals surface area contributed by atoms with Crippen molar-refractivity contribution in [1.29, 1.82) is 0 Å². The molecule has 0 heterocycles. The summed E-state index contributed by atoms with van der Waals surface area (Å²) in [7, 11) is 4.11. The van der Waals surface area contributed by atoms with Crippen molar-refractivity contribution < 1.29 is 47.5 Å². The topological polar surface area (TPSA) is 116 Å². The highest BCUT2D eigenvalue weighted by Gasteiger charge is 2.23. The number of esters is 3. The highest BCUT2D eigenvalue weighted by atomic mass is 31.0. The van der Waals surface area contributed by atoms with Crippen molar-refractivity contribution in [1.82, 2.24) is 0 Å². The van der Waals surface area contributed by atoms with Crippen LogP contribution >= 0.6 is 9.24 Å². The van der Waals surface area contributed by atoms with Gasteiger partial charge in [-0.1, -0.05) is 20.8 Å². The van der Waals surface area contributed by atoms with E-state index in [9.17, 15) is 14.4 Å². The SMILES string of the molecule is COc1ccc(C(=O)Oc2ccc(OC(=O)c3ccc(OC(C)COC(C)COC(C)COC(=O)C(P)CC(C)(C)C)cc3)cc2)cc1. The number of hydrogen-bond acceptors (Lipinski definition) is 10. The maximum absolute atomic E-state index is 12.7. The number of hydrogen-bond donors (Lipinski definition) is 0. The first kappa shape index (κ1) is 38.5. The number of methoxy groups -OCH3 is 1. The van der Waals surface area contributed by atoms with Gasteiger partial charge in [-0.3, -0.25) is 4.79 Å². The van der Waals surface area contributed by atoms with Crippen LogP contribution in [0.5, 0.6) is 23.0 Å². The lowest BCUT2D eigenvalue weighted by molar-refractivity contribution is -0.148. The van der Waals surface area contributed by atoms with E-state index >= 15 is 0 Å². The molecule has 3 aromatic rings. The summed E-state index contributed by atoms with van der Waals surface area (Å²) < 4.78 is 38.9. The van der Waals surface area contributed by atoms with E-state index in [1.54, 1.807) is 79.9 Å². The van der Waals surface area contributed by atoms with Gasteiger partial charge in [-0.2, -0.15) is 0 Å². The number of benzene rings is 3. The Morgan fingerprint density at radius 1 is 0.625 bits per heavy atom. The van der Waals surface area contributed by atoms with Gasteiger partial charge in [-0.15, -0.1) is 9.24 Å². The fourth-order valence-corrected chi connectivity index (χ4v) is 5.12. The minimum Gasteiger partial charge on any atom is -0.497 e. The average molecular weight is 683 g/mol. The van der Waals surface area contributed by atoms with Gasteiger partial charge in [-0.25, -0.2) is 9.59 Å². The second-order valence-corrected chi connectivity index (χ2v) is 13.5. The van der Waals surface area contributed by atoms with Crippen LogP contribution in [0, 0.1) is 5.41 Å². The van der Waals surface area contributed by atoms with Crippen molar-refractivity contribution in [3.05, 3.63) is 83.9 Å². The summed E-state index contributed by atoms with van der Waals surface area (Å²) in [6, 6.07) is 19.4. The Morgan fingerprint density at radius 3 is 1.50 bits per heavy atom. The zero-order chi connectivity index (χ0) is 35.3. The quantitative estimate of drug-likeness (QED) is 0.0843. The highest BCUT2D eigenvalue weighted by Crippen LogP contribution is 2.26. The molecule has 11 heteroatoms. The molecule has 0 N–H and O–H groups in total. The summed E-state index contributed by atoms with van der Waals surface area (Å²) in [6.45, 7) is 12.7. The summed E-state index contributed by atoms with van der Waals surface area (Å²) in [6.07, 6.45) is -0.00177. The Labute approximate surface area is 285 Å². The molecule has 0 aliphatic carbocycles. The minimum atomic E-state index is -0.544. The Bertz CT molecular complexity index is 1450.